The number of aromatic hydroxyl groups is 3. The molecule has 0 aliphatic heterocycles. The predicted molar refractivity (Wildman–Crippen MR) is 373 cm³/mol. The Morgan fingerprint density at radius 2 is 0.695 bits per heavy atom. The Bertz CT molecular complexity index is 4030. The van der Waals surface area contributed by atoms with Gasteiger partial charge in [0.2, 0.25) is 0 Å². The summed E-state index contributed by atoms with van der Waals surface area (Å²) >= 11 is 0. The Morgan fingerprint density at radius 1 is 0.326 bits per heavy atom. The van der Waals surface area contributed by atoms with Crippen LogP contribution in [0.2, 0.25) is 0 Å². The van der Waals surface area contributed by atoms with E-state index >= 15 is 0 Å². The molecule has 10 rings (SSSR count). The summed E-state index contributed by atoms with van der Waals surface area (Å²) in [6, 6.07) is 69.9. The zero-order valence-electron chi connectivity index (χ0n) is 55.3. The van der Waals surface area contributed by atoms with Crippen molar-refractivity contribution in [3.05, 3.63) is 302 Å². The smallest absolute Gasteiger partial charge is 0.308 e. The van der Waals surface area contributed by atoms with Gasteiger partial charge in [-0.2, -0.15) is 0 Å². The van der Waals surface area contributed by atoms with Crippen molar-refractivity contribution in [2.75, 3.05) is 28.4 Å². The highest BCUT2D eigenvalue weighted by Gasteiger charge is 2.13. The fraction of sp³-hybridized carbons (Fsp3) is 0.188. The number of phenolic OH excluding ortho intramolecular Hbond substituents is 3. The van der Waals surface area contributed by atoms with E-state index in [1.807, 2.05) is 146 Å². The number of hydrogen-bond donors (Lipinski definition) is 3. The van der Waals surface area contributed by atoms with E-state index in [-0.39, 0.29) is 54.9 Å². The van der Waals surface area contributed by atoms with E-state index in [2.05, 4.69) is 31.2 Å². The molecule has 15 heteroatoms. The molecule has 10 aromatic carbocycles. The van der Waals surface area contributed by atoms with Crippen molar-refractivity contribution in [3.8, 4) is 51.7 Å². The molecule has 0 fully saturated rings. The third-order valence-electron chi connectivity index (χ3n) is 14.6. The molecule has 0 saturated carbocycles. The molecular weight excluding hydrogens is 1200 g/mol. The maximum absolute atomic E-state index is 11.4. The van der Waals surface area contributed by atoms with Gasteiger partial charge in [0.15, 0.2) is 17.3 Å². The number of ether oxygens (including phenoxy) is 6. The number of esters is 2. The Hall–Kier alpha value is -11.2. The molecule has 0 unspecified atom stereocenters. The molecule has 10 aromatic rings. The van der Waals surface area contributed by atoms with Gasteiger partial charge in [0.1, 0.15) is 51.7 Å². The first kappa shape index (κ1) is 74.5. The average molecular weight is 1280 g/mol. The zero-order valence-corrected chi connectivity index (χ0v) is 55.3. The molecular formula is C80H80BO14. The molecule has 487 valence electrons. The molecule has 0 bridgehead atoms. The summed E-state index contributed by atoms with van der Waals surface area (Å²) in [6.07, 6.45) is 3.48. The van der Waals surface area contributed by atoms with E-state index in [9.17, 15) is 39.3 Å². The zero-order chi connectivity index (χ0) is 68.1. The third-order valence-corrected chi connectivity index (χ3v) is 14.6. The van der Waals surface area contributed by atoms with Crippen LogP contribution in [0.25, 0.3) is 0 Å². The summed E-state index contributed by atoms with van der Waals surface area (Å²) in [5, 5.41) is 29.5. The first-order valence-corrected chi connectivity index (χ1v) is 30.2. The van der Waals surface area contributed by atoms with E-state index in [0.29, 0.717) is 47.5 Å². The lowest BCUT2D eigenvalue weighted by molar-refractivity contribution is -0.132. The molecule has 3 radical (unpaired) electrons. The summed E-state index contributed by atoms with van der Waals surface area (Å²) in [4.78, 5) is 56.0. The summed E-state index contributed by atoms with van der Waals surface area (Å²) in [6.45, 7) is 9.30. The van der Waals surface area contributed by atoms with Gasteiger partial charge in [0.05, 0.1) is 39.6 Å². The van der Waals surface area contributed by atoms with Crippen molar-refractivity contribution in [2.45, 2.75) is 73.6 Å². The van der Waals surface area contributed by atoms with E-state index in [0.717, 1.165) is 74.8 Å². The summed E-state index contributed by atoms with van der Waals surface area (Å²) in [7, 11) is 6.53. The van der Waals surface area contributed by atoms with Crippen molar-refractivity contribution < 1.29 is 67.7 Å². The van der Waals surface area contributed by atoms with Crippen LogP contribution in [0.3, 0.4) is 0 Å². The van der Waals surface area contributed by atoms with Crippen LogP contribution < -0.4 is 28.4 Å². The van der Waals surface area contributed by atoms with E-state index < -0.39 is 0 Å². The highest BCUT2D eigenvalue weighted by Crippen LogP contribution is 2.28. The van der Waals surface area contributed by atoms with Gasteiger partial charge in [-0.1, -0.05) is 127 Å². The van der Waals surface area contributed by atoms with Crippen molar-refractivity contribution in [2.24, 2.45) is 0 Å². The number of methoxy groups -OCH3 is 4. The second-order valence-corrected chi connectivity index (χ2v) is 21.9. The Morgan fingerprint density at radius 3 is 1.13 bits per heavy atom. The summed E-state index contributed by atoms with van der Waals surface area (Å²) < 4.78 is 30.6. The number of carbonyl (C=O) groups excluding carboxylic acids is 5. The second-order valence-electron chi connectivity index (χ2n) is 21.9. The number of hydrogen-bond acceptors (Lipinski definition) is 14. The van der Waals surface area contributed by atoms with Crippen LogP contribution in [0.4, 0.5) is 0 Å². The quantitative estimate of drug-likeness (QED) is 0.0299. The molecule has 0 aliphatic rings. The SMILES string of the molecule is CC(=O)Oc1ccccc1Cc1ccc(C)cc1.COc1ccc(Cc2cc(C(C)=O)ccc2O)cc1.COc1ccc(Cc2ccc(O)c(C(C)=O)c2)cc1.COc1ccc(Cc2ccc(OC(C)=O)cc2)cc1.COc1ccc(Cc2cccc(C(C)=O)c2O)cc1.[B]. The number of phenols is 3. The van der Waals surface area contributed by atoms with Crippen LogP contribution in [0.1, 0.15) is 127 Å². The van der Waals surface area contributed by atoms with Crippen molar-refractivity contribution in [1.82, 2.24) is 0 Å². The molecule has 0 aliphatic carbocycles. The number of Topliss-reactive ketones (excluding diaryl/α,β-unsaturated/α-hetero) is 3. The molecule has 95 heavy (non-hydrogen) atoms. The van der Waals surface area contributed by atoms with E-state index in [1.54, 1.807) is 83.0 Å². The van der Waals surface area contributed by atoms with Crippen LogP contribution in [0.15, 0.2) is 224 Å². The minimum atomic E-state index is -0.303. The molecule has 0 saturated heterocycles. The average Bonchev–Trinajstić information content (AvgIpc) is 0.975. The number of para-hydroxylation sites is 2. The number of aryl methyl sites for hydroxylation is 1. The first-order valence-electron chi connectivity index (χ1n) is 30.2. The van der Waals surface area contributed by atoms with Gasteiger partial charge in [-0.05, 0) is 199 Å². The molecule has 0 amide bonds. The van der Waals surface area contributed by atoms with Gasteiger partial charge in [-0.15, -0.1) is 0 Å². The number of ketones is 3. The maximum atomic E-state index is 11.4. The largest absolute Gasteiger partial charge is 0.508 e. The minimum Gasteiger partial charge on any atom is -0.508 e. The van der Waals surface area contributed by atoms with Crippen molar-refractivity contribution in [3.63, 3.8) is 0 Å². The van der Waals surface area contributed by atoms with Gasteiger partial charge in [-0.3, -0.25) is 24.0 Å². The van der Waals surface area contributed by atoms with Crippen molar-refractivity contribution in [1.29, 1.82) is 0 Å². The maximum Gasteiger partial charge on any atom is 0.308 e. The second kappa shape index (κ2) is 38.0. The fourth-order valence-corrected chi connectivity index (χ4v) is 9.50. The molecule has 0 heterocycles. The predicted octanol–water partition coefficient (Wildman–Crippen LogP) is 15.9. The lowest BCUT2D eigenvalue weighted by Gasteiger charge is -2.08. The fourth-order valence-electron chi connectivity index (χ4n) is 9.50. The molecule has 0 spiro atoms. The topological polar surface area (TPSA) is 201 Å². The van der Waals surface area contributed by atoms with E-state index in [1.165, 1.54) is 56.9 Å². The van der Waals surface area contributed by atoms with Crippen LogP contribution >= 0.6 is 0 Å². The van der Waals surface area contributed by atoms with Gasteiger partial charge in [0, 0.05) is 47.1 Å². The Balaban J connectivity index is 0.000000214. The van der Waals surface area contributed by atoms with Crippen molar-refractivity contribution >= 4 is 37.7 Å². The van der Waals surface area contributed by atoms with Gasteiger partial charge in [-0.25, -0.2) is 0 Å². The summed E-state index contributed by atoms with van der Waals surface area (Å²) in [5.74, 6) is 3.95. The number of carbonyl (C=O) groups is 5. The third kappa shape index (κ3) is 24.8. The number of rotatable bonds is 19. The van der Waals surface area contributed by atoms with Gasteiger partial charge in [0.25, 0.3) is 0 Å². The molecule has 3 N–H and O–H groups in total. The lowest BCUT2D eigenvalue weighted by Crippen LogP contribution is -2.04. The Labute approximate surface area is 558 Å². The molecule has 14 nitrogen and oxygen atoms in total. The molecule has 0 atom stereocenters. The lowest BCUT2D eigenvalue weighted by atomic mass is 10.00. The van der Waals surface area contributed by atoms with Gasteiger partial charge < -0.3 is 43.7 Å². The highest BCUT2D eigenvalue weighted by atomic mass is 16.5. The van der Waals surface area contributed by atoms with Crippen LogP contribution in [-0.4, -0.2) is 81.5 Å². The number of benzene rings is 10. The monoisotopic (exact) mass is 1280 g/mol. The van der Waals surface area contributed by atoms with Crippen LogP contribution in [-0.2, 0) is 41.7 Å². The first-order chi connectivity index (χ1) is 45.1. The standard InChI is InChI=1S/4C16H16O3.C16H16O2.B/c1-12(17)19-16-9-5-14(6-10-16)11-13-3-7-15(18-2)8-4-13;1-11(17)13-5-8-16(18)14(10-13)9-12-3-6-15(19-2)7-4-12;1-11(17)15-10-13(5-8-16(15)18)9-12-3-6-14(19-2)7-4-12;1-11(17)15-5-3-4-13(16(15)18)10-12-6-8-14(19-2)9-7-12;1-12-7-9-14(10-8-12)11-15-5-3-4-6-16(15)18-13(2)17;/h3-10H,11H2,1-2H3;2*3-8,10,18H,9H2,1-2H3;3-9,18H,10H2,1-2H3;3-10H,11H2,1-2H3;. The highest BCUT2D eigenvalue weighted by molar-refractivity contribution is 5.97. The van der Waals surface area contributed by atoms with Crippen LogP contribution in [0, 0.1) is 6.92 Å². The van der Waals surface area contributed by atoms with Crippen LogP contribution in [0.5, 0.6) is 51.7 Å². The Kier molecular flexibility index (Phi) is 29.8. The minimum absolute atomic E-state index is 0. The van der Waals surface area contributed by atoms with Gasteiger partial charge >= 0.3 is 11.9 Å². The van der Waals surface area contributed by atoms with E-state index in [4.69, 9.17) is 28.4 Å². The normalized spacial score (nSPS) is 10.0. The summed E-state index contributed by atoms with van der Waals surface area (Å²) in [5.41, 5.74) is 12.9. The molecule has 0 aromatic heterocycles.